The minimum Gasteiger partial charge on any atom is -0.481 e. The van der Waals surface area contributed by atoms with Crippen LogP contribution in [0.3, 0.4) is 0 Å². The molecule has 11 nitrogen and oxygen atoms in total. The van der Waals surface area contributed by atoms with Crippen molar-refractivity contribution in [2.24, 2.45) is 11.7 Å². The number of hydrogen-bond acceptors (Lipinski definition) is 8. The van der Waals surface area contributed by atoms with Gasteiger partial charge >= 0.3 is 17.9 Å². The van der Waals surface area contributed by atoms with Crippen LogP contribution < -0.4 is 11.1 Å². The second kappa shape index (κ2) is 7.28. The molecular weight excluding hydrogens is 386 g/mol. The Kier molecular flexibility index (Phi) is 5.13. The molecule has 7 N–H and O–H groups in total. The summed E-state index contributed by atoms with van der Waals surface area (Å²) >= 11 is 0. The van der Waals surface area contributed by atoms with Crippen LogP contribution in [-0.4, -0.2) is 63.4 Å². The monoisotopic (exact) mass is 405 g/mol. The summed E-state index contributed by atoms with van der Waals surface area (Å²) in [5.74, 6) is -7.38. The van der Waals surface area contributed by atoms with Crippen LogP contribution in [0, 0.1) is 5.92 Å². The Labute approximate surface area is 163 Å². The molecule has 154 valence electrons. The molecule has 29 heavy (non-hydrogen) atoms. The number of para-hydroxylation sites is 1. The molecule has 0 bridgehead atoms. The number of aliphatic hydroxyl groups is 1. The number of carbonyl (C=O) groups is 4. The number of esters is 1. The molecule has 1 aliphatic rings. The standard InChI is InChI=1S/C18H19N3O8/c19-17(15(26)27,11(7-22)14(24)25)18(16(28)29-8-23)13-10(5-6-20-18)9-3-1-2-4-12(9)21-13/h1-4,7,11,20-21,23H,5-6,8,19H2,(H,24,25)(H,26,27)/t11?,17-,18?/m0/s1. The Hall–Kier alpha value is -3.28. The minimum absolute atomic E-state index is 0.0265. The normalized spacial score (nSPS) is 21.6. The number of carboxylic acid groups (broad SMARTS) is 2. The van der Waals surface area contributed by atoms with E-state index < -0.39 is 41.7 Å². The first-order valence-electron chi connectivity index (χ1n) is 8.59. The van der Waals surface area contributed by atoms with Gasteiger partial charge < -0.3 is 35.6 Å². The summed E-state index contributed by atoms with van der Waals surface area (Å²) in [5, 5.41) is 31.9. The molecule has 0 saturated heterocycles. The molecule has 0 spiro atoms. The number of carbonyl (C=O) groups excluding carboxylic acids is 2. The van der Waals surface area contributed by atoms with Crippen molar-refractivity contribution < 1.29 is 39.2 Å². The first kappa shape index (κ1) is 20.5. The van der Waals surface area contributed by atoms with Gasteiger partial charge in [0.2, 0.25) is 0 Å². The highest BCUT2D eigenvalue weighted by atomic mass is 16.6. The van der Waals surface area contributed by atoms with E-state index in [2.05, 4.69) is 10.3 Å². The number of aromatic amines is 1. The maximum atomic E-state index is 13.0. The molecule has 2 unspecified atom stereocenters. The molecular formula is C18H19N3O8. The highest BCUT2D eigenvalue weighted by molar-refractivity contribution is 6.04. The van der Waals surface area contributed by atoms with Crippen LogP contribution in [0.25, 0.3) is 10.9 Å². The quantitative estimate of drug-likeness (QED) is 0.139. The van der Waals surface area contributed by atoms with Crippen molar-refractivity contribution in [1.29, 1.82) is 0 Å². The predicted molar refractivity (Wildman–Crippen MR) is 96.6 cm³/mol. The van der Waals surface area contributed by atoms with Crippen LogP contribution in [0.5, 0.6) is 0 Å². The molecule has 3 atom stereocenters. The summed E-state index contributed by atoms with van der Waals surface area (Å²) in [5.41, 5.74) is 1.68. The number of nitrogens with two attached hydrogens (primary N) is 1. The van der Waals surface area contributed by atoms with E-state index >= 15 is 0 Å². The summed E-state index contributed by atoms with van der Waals surface area (Å²) in [6.45, 7) is -1.07. The number of aliphatic hydroxyl groups excluding tert-OH is 1. The average Bonchev–Trinajstić information content (AvgIpc) is 3.07. The summed E-state index contributed by atoms with van der Waals surface area (Å²) in [6.07, 6.45) is 0.227. The van der Waals surface area contributed by atoms with Crippen molar-refractivity contribution in [1.82, 2.24) is 10.3 Å². The molecule has 11 heteroatoms. The molecule has 1 aliphatic heterocycles. The van der Waals surface area contributed by atoms with Gasteiger partial charge in [-0.25, -0.2) is 4.79 Å². The maximum absolute atomic E-state index is 13.0. The molecule has 1 aromatic heterocycles. The topological polar surface area (TPSA) is 192 Å². The van der Waals surface area contributed by atoms with E-state index in [4.69, 9.17) is 15.6 Å². The van der Waals surface area contributed by atoms with Gasteiger partial charge in [-0.15, -0.1) is 0 Å². The van der Waals surface area contributed by atoms with Gasteiger partial charge in [0, 0.05) is 17.4 Å². The van der Waals surface area contributed by atoms with Gasteiger partial charge in [0.05, 0.1) is 5.69 Å². The lowest BCUT2D eigenvalue weighted by molar-refractivity contribution is -0.177. The van der Waals surface area contributed by atoms with Crippen molar-refractivity contribution in [3.05, 3.63) is 35.5 Å². The lowest BCUT2D eigenvalue weighted by atomic mass is 9.65. The second-order valence-electron chi connectivity index (χ2n) is 6.64. The summed E-state index contributed by atoms with van der Waals surface area (Å²) in [6, 6.07) is 6.88. The van der Waals surface area contributed by atoms with Gasteiger partial charge in [-0.2, -0.15) is 0 Å². The number of ether oxygens (including phenoxy) is 1. The number of aliphatic carboxylic acids is 2. The van der Waals surface area contributed by atoms with Gasteiger partial charge in [0.1, 0.15) is 12.2 Å². The van der Waals surface area contributed by atoms with Gasteiger partial charge in [-0.3, -0.25) is 14.9 Å². The van der Waals surface area contributed by atoms with E-state index in [1.54, 1.807) is 24.3 Å². The van der Waals surface area contributed by atoms with Crippen LogP contribution in [-0.2, 0) is 35.9 Å². The number of fused-ring (bicyclic) bond motifs is 3. The average molecular weight is 405 g/mol. The lowest BCUT2D eigenvalue weighted by Crippen LogP contribution is -2.78. The fourth-order valence-electron chi connectivity index (χ4n) is 3.99. The molecule has 0 saturated carbocycles. The van der Waals surface area contributed by atoms with Crippen molar-refractivity contribution in [3.63, 3.8) is 0 Å². The Morgan fingerprint density at radius 2 is 2.00 bits per heavy atom. The molecule has 3 rings (SSSR count). The highest BCUT2D eigenvalue weighted by Gasteiger charge is 2.69. The highest BCUT2D eigenvalue weighted by Crippen LogP contribution is 2.43. The van der Waals surface area contributed by atoms with Gasteiger partial charge in [-0.05, 0) is 18.1 Å². The molecule has 2 heterocycles. The molecule has 2 aromatic rings. The van der Waals surface area contributed by atoms with Crippen LogP contribution >= 0.6 is 0 Å². The van der Waals surface area contributed by atoms with Crippen molar-refractivity contribution in [3.8, 4) is 0 Å². The van der Waals surface area contributed by atoms with Gasteiger partial charge in [0.25, 0.3) is 0 Å². The lowest BCUT2D eigenvalue weighted by Gasteiger charge is -2.46. The molecule has 1 aromatic carbocycles. The Bertz CT molecular complexity index is 1000. The molecule has 0 aliphatic carbocycles. The maximum Gasteiger partial charge on any atom is 0.337 e. The van der Waals surface area contributed by atoms with Crippen molar-refractivity contribution in [2.75, 3.05) is 13.3 Å². The third kappa shape index (κ3) is 2.70. The van der Waals surface area contributed by atoms with E-state index in [1.807, 2.05) is 0 Å². The fraction of sp³-hybridized carbons (Fsp3) is 0.333. The van der Waals surface area contributed by atoms with Gasteiger partial charge in [-0.1, -0.05) is 18.2 Å². The van der Waals surface area contributed by atoms with Crippen molar-refractivity contribution in [2.45, 2.75) is 17.5 Å². The number of aromatic nitrogens is 1. The van der Waals surface area contributed by atoms with E-state index in [0.29, 0.717) is 22.9 Å². The zero-order chi connectivity index (χ0) is 21.4. The predicted octanol–water partition coefficient (Wildman–Crippen LogP) is -1.32. The van der Waals surface area contributed by atoms with Crippen LogP contribution in [0.15, 0.2) is 24.3 Å². The van der Waals surface area contributed by atoms with E-state index in [-0.39, 0.29) is 18.5 Å². The fourth-order valence-corrected chi connectivity index (χ4v) is 3.99. The summed E-state index contributed by atoms with van der Waals surface area (Å²) in [7, 11) is 0. The molecule has 0 radical (unpaired) electrons. The zero-order valence-corrected chi connectivity index (χ0v) is 15.0. The van der Waals surface area contributed by atoms with Crippen LogP contribution in [0.2, 0.25) is 0 Å². The third-order valence-electron chi connectivity index (χ3n) is 5.32. The van der Waals surface area contributed by atoms with Gasteiger partial charge in [0.15, 0.2) is 17.9 Å². The Morgan fingerprint density at radius 3 is 2.59 bits per heavy atom. The number of aldehydes is 1. The van der Waals surface area contributed by atoms with Crippen LogP contribution in [0.1, 0.15) is 11.3 Å². The number of carboxylic acids is 2. The third-order valence-corrected chi connectivity index (χ3v) is 5.32. The number of rotatable bonds is 7. The van der Waals surface area contributed by atoms with Crippen LogP contribution in [0.4, 0.5) is 0 Å². The van der Waals surface area contributed by atoms with E-state index in [9.17, 15) is 29.4 Å². The number of benzene rings is 1. The zero-order valence-electron chi connectivity index (χ0n) is 15.0. The minimum atomic E-state index is -2.98. The Balaban J connectivity index is 2.43. The van der Waals surface area contributed by atoms with E-state index in [0.717, 1.165) is 0 Å². The first-order valence-corrected chi connectivity index (χ1v) is 8.59. The van der Waals surface area contributed by atoms with Crippen molar-refractivity contribution >= 4 is 35.1 Å². The number of H-pyrrole nitrogens is 1. The largest absolute Gasteiger partial charge is 0.481 e. The molecule has 0 fully saturated rings. The second-order valence-corrected chi connectivity index (χ2v) is 6.64. The smallest absolute Gasteiger partial charge is 0.337 e. The number of hydrogen-bond donors (Lipinski definition) is 6. The molecule has 0 amide bonds. The van der Waals surface area contributed by atoms with E-state index in [1.165, 1.54) is 0 Å². The summed E-state index contributed by atoms with van der Waals surface area (Å²) in [4.78, 5) is 51.6. The SMILES string of the molecule is N[C@](C(=O)O)(C(C=O)C(=O)O)C1(C(=O)OCO)NCCc2c1[nH]c1ccccc21. The summed E-state index contributed by atoms with van der Waals surface area (Å²) < 4.78 is 4.69. The number of nitrogens with one attached hydrogen (secondary N) is 2. The Morgan fingerprint density at radius 1 is 1.31 bits per heavy atom. The first-order chi connectivity index (χ1) is 13.8.